The number of hydrogen-bond acceptors (Lipinski definition) is 10. The second-order valence-corrected chi connectivity index (χ2v) is 9.96. The minimum Gasteiger partial charge on any atom is -0.494 e. The summed E-state index contributed by atoms with van der Waals surface area (Å²) in [5, 5.41) is 30.4. The van der Waals surface area contributed by atoms with Crippen molar-refractivity contribution in [3.63, 3.8) is 0 Å². The van der Waals surface area contributed by atoms with Gasteiger partial charge in [-0.15, -0.1) is 10.2 Å². The molecule has 0 spiro atoms. The number of carbonyl (C=O) groups excluding carboxylic acids is 2. The summed E-state index contributed by atoms with van der Waals surface area (Å²) < 4.78 is 44.4. The molecular formula is C28H32FN9O4. The molecule has 0 aliphatic rings. The Bertz CT molecular complexity index is 1750. The number of methoxy groups -OCH3 is 1. The van der Waals surface area contributed by atoms with Crippen molar-refractivity contribution in [2.24, 2.45) is 7.05 Å². The molecule has 4 aromatic rings. The summed E-state index contributed by atoms with van der Waals surface area (Å²) >= 11 is 0. The molecule has 0 bridgehead atoms. The fraction of sp³-hybridized carbons (Fsp3) is 0.286. The number of ether oxygens (including phenoxy) is 1. The molecule has 2 amide bonds. The van der Waals surface area contributed by atoms with Crippen LogP contribution in [0.15, 0.2) is 42.6 Å². The fourth-order valence-corrected chi connectivity index (χ4v) is 4.06. The highest BCUT2D eigenvalue weighted by molar-refractivity contribution is 5.99. The molecule has 0 aliphatic carbocycles. The van der Waals surface area contributed by atoms with E-state index in [0.29, 0.717) is 11.4 Å². The highest BCUT2D eigenvalue weighted by Crippen LogP contribution is 2.39. The van der Waals surface area contributed by atoms with Crippen molar-refractivity contribution in [2.75, 3.05) is 38.8 Å². The van der Waals surface area contributed by atoms with Gasteiger partial charge in [0.2, 0.25) is 0 Å². The molecule has 14 heteroatoms. The van der Waals surface area contributed by atoms with Gasteiger partial charge in [0.1, 0.15) is 17.3 Å². The first-order chi connectivity index (χ1) is 21.0. The fourth-order valence-electron chi connectivity index (χ4n) is 4.06. The molecule has 13 nitrogen and oxygen atoms in total. The lowest BCUT2D eigenvalue weighted by Gasteiger charge is -2.18. The van der Waals surface area contributed by atoms with E-state index in [9.17, 15) is 14.7 Å². The summed E-state index contributed by atoms with van der Waals surface area (Å²) in [6, 6.07) is 8.35. The van der Waals surface area contributed by atoms with Gasteiger partial charge in [-0.3, -0.25) is 14.3 Å². The van der Waals surface area contributed by atoms with Crippen LogP contribution >= 0.6 is 0 Å². The average molecular weight is 581 g/mol. The molecule has 0 saturated carbocycles. The molecule has 0 fully saturated rings. The zero-order valence-corrected chi connectivity index (χ0v) is 23.8. The Morgan fingerprint density at radius 3 is 2.52 bits per heavy atom. The number of carbonyl (C=O) groups is 2. The summed E-state index contributed by atoms with van der Waals surface area (Å²) in [4.78, 5) is 31.1. The van der Waals surface area contributed by atoms with E-state index in [2.05, 4.69) is 30.9 Å². The molecule has 1 aromatic carbocycles. The summed E-state index contributed by atoms with van der Waals surface area (Å²) in [6.45, 7) is 0.385. The summed E-state index contributed by atoms with van der Waals surface area (Å²) in [5.41, 5.74) is -0.383. The molecule has 42 heavy (non-hydrogen) atoms. The number of anilines is 4. The SMILES string of the molecule is [2H]C([2H])([2H])NC(=O)c1nnc(Nc2cc(C(C)(C)O)ccn2)cc1Nc1cc(F)cc(-c2cc(C(=O)N(C)C)n(C)n2)c1OC. The van der Waals surface area contributed by atoms with Gasteiger partial charge >= 0.3 is 0 Å². The van der Waals surface area contributed by atoms with E-state index in [-0.39, 0.29) is 45.8 Å². The van der Waals surface area contributed by atoms with Crippen molar-refractivity contribution in [3.05, 3.63) is 65.4 Å². The van der Waals surface area contributed by atoms with Crippen LogP contribution in [-0.4, -0.2) is 75.0 Å². The maximum atomic E-state index is 15.1. The second-order valence-electron chi connectivity index (χ2n) is 9.96. The van der Waals surface area contributed by atoms with E-state index < -0.39 is 30.0 Å². The smallest absolute Gasteiger partial charge is 0.273 e. The van der Waals surface area contributed by atoms with Crippen LogP contribution in [0.5, 0.6) is 5.75 Å². The van der Waals surface area contributed by atoms with Gasteiger partial charge < -0.3 is 30.7 Å². The molecule has 3 heterocycles. The van der Waals surface area contributed by atoms with Crippen molar-refractivity contribution < 1.29 is 27.9 Å². The largest absolute Gasteiger partial charge is 0.494 e. The quantitative estimate of drug-likeness (QED) is 0.232. The van der Waals surface area contributed by atoms with Crippen molar-refractivity contribution in [1.29, 1.82) is 0 Å². The number of aliphatic hydroxyl groups is 1. The summed E-state index contributed by atoms with van der Waals surface area (Å²) in [5.74, 6) is -1.63. The number of nitrogens with one attached hydrogen (secondary N) is 3. The number of pyridine rings is 1. The predicted molar refractivity (Wildman–Crippen MR) is 155 cm³/mol. The maximum absolute atomic E-state index is 15.1. The number of amides is 2. The van der Waals surface area contributed by atoms with E-state index in [1.165, 1.54) is 41.1 Å². The monoisotopic (exact) mass is 580 g/mol. The van der Waals surface area contributed by atoms with Gasteiger partial charge in [-0.1, -0.05) is 0 Å². The molecule has 4 rings (SSSR count). The number of nitrogens with zero attached hydrogens (tertiary/aromatic N) is 6. The summed E-state index contributed by atoms with van der Waals surface area (Å²) in [6.07, 6.45) is 1.48. The van der Waals surface area contributed by atoms with Crippen molar-refractivity contribution in [2.45, 2.75) is 19.4 Å². The third-order valence-electron chi connectivity index (χ3n) is 6.15. The molecule has 0 radical (unpaired) electrons. The minimum absolute atomic E-state index is 0.0303. The highest BCUT2D eigenvalue weighted by Gasteiger charge is 2.23. The van der Waals surface area contributed by atoms with E-state index in [0.717, 1.165) is 6.07 Å². The third kappa shape index (κ3) is 6.28. The third-order valence-corrected chi connectivity index (χ3v) is 6.15. The van der Waals surface area contributed by atoms with Crippen LogP contribution in [0.4, 0.5) is 27.4 Å². The lowest BCUT2D eigenvalue weighted by atomic mass is 10.00. The molecule has 3 aromatic heterocycles. The van der Waals surface area contributed by atoms with Crippen LogP contribution in [0.1, 0.15) is 44.5 Å². The first-order valence-corrected chi connectivity index (χ1v) is 12.5. The van der Waals surface area contributed by atoms with Crippen LogP contribution in [-0.2, 0) is 12.6 Å². The average Bonchev–Trinajstić information content (AvgIpc) is 3.32. The van der Waals surface area contributed by atoms with Gasteiger partial charge in [-0.05, 0) is 43.7 Å². The number of aryl methyl sites for hydroxylation is 1. The molecule has 0 aliphatic heterocycles. The van der Waals surface area contributed by atoms with Crippen LogP contribution in [0.2, 0.25) is 0 Å². The number of rotatable bonds is 9. The molecule has 220 valence electrons. The minimum atomic E-state index is -2.83. The Morgan fingerprint density at radius 1 is 1.10 bits per heavy atom. The first-order valence-electron chi connectivity index (χ1n) is 14.0. The molecule has 0 saturated heterocycles. The standard InChI is InChI=1S/C28H32FN9O4/c1-28(2,41)15-8-9-31-22(10-15)33-23-14-19(24(35-34-23)26(39)30-3)32-20-12-16(29)11-17(25(20)42-7)18-13-21(38(6)36-18)27(40)37(4)5/h8-14,41H,1-7H3,(H,30,39)(H2,31,32,33,34)/i3D3. The van der Waals surface area contributed by atoms with Gasteiger partial charge in [0.25, 0.3) is 11.8 Å². The Labute approximate surface area is 246 Å². The number of benzene rings is 1. The Hall–Kier alpha value is -5.11. The number of hydrogen-bond donors (Lipinski definition) is 4. The molecule has 0 unspecified atom stereocenters. The summed E-state index contributed by atoms with van der Waals surface area (Å²) in [7, 11) is 6.10. The van der Waals surface area contributed by atoms with Gasteiger partial charge in [0.05, 0.1) is 29.8 Å². The maximum Gasteiger partial charge on any atom is 0.273 e. The van der Waals surface area contributed by atoms with Crippen LogP contribution < -0.4 is 20.7 Å². The first kappa shape index (κ1) is 25.8. The molecule has 4 N–H and O–H groups in total. The zero-order chi connectivity index (χ0) is 33.3. The van der Waals surface area contributed by atoms with E-state index >= 15 is 4.39 Å². The van der Waals surface area contributed by atoms with Gasteiger partial charge in [-0.25, -0.2) is 9.37 Å². The second kappa shape index (κ2) is 11.8. The van der Waals surface area contributed by atoms with E-state index in [1.54, 1.807) is 47.1 Å². The number of aromatic nitrogens is 5. The zero-order valence-electron chi connectivity index (χ0n) is 26.8. The van der Waals surface area contributed by atoms with Gasteiger partial charge in [0.15, 0.2) is 17.3 Å². The molecular weight excluding hydrogens is 545 g/mol. The van der Waals surface area contributed by atoms with Crippen LogP contribution in [0.25, 0.3) is 11.3 Å². The number of halogens is 1. The van der Waals surface area contributed by atoms with Crippen LogP contribution in [0, 0.1) is 5.82 Å². The topological polar surface area (TPSA) is 159 Å². The lowest BCUT2D eigenvalue weighted by molar-refractivity contribution is 0.0784. The van der Waals surface area contributed by atoms with Crippen LogP contribution in [0.3, 0.4) is 0 Å². The Kier molecular flexibility index (Phi) is 7.25. The van der Waals surface area contributed by atoms with E-state index in [1.807, 2.05) is 5.32 Å². The van der Waals surface area contributed by atoms with Crippen molar-refractivity contribution >= 4 is 34.8 Å². The van der Waals surface area contributed by atoms with Crippen molar-refractivity contribution in [1.82, 2.24) is 35.2 Å². The normalized spacial score (nSPS) is 12.5. The lowest BCUT2D eigenvalue weighted by Crippen LogP contribution is -2.24. The Morgan fingerprint density at radius 2 is 1.86 bits per heavy atom. The predicted octanol–water partition coefficient (Wildman–Crippen LogP) is 3.20. The van der Waals surface area contributed by atoms with Gasteiger partial charge in [0, 0.05) is 56.1 Å². The Balaban J connectivity index is 1.80. The molecule has 0 atom stereocenters. The van der Waals surface area contributed by atoms with Gasteiger partial charge in [-0.2, -0.15) is 5.10 Å². The van der Waals surface area contributed by atoms with Crippen molar-refractivity contribution in [3.8, 4) is 17.0 Å². The van der Waals surface area contributed by atoms with E-state index in [4.69, 9.17) is 8.85 Å². The highest BCUT2D eigenvalue weighted by atomic mass is 19.1.